The Morgan fingerprint density at radius 1 is 1.19 bits per heavy atom. The van der Waals surface area contributed by atoms with Crippen LogP contribution in [-0.2, 0) is 15.5 Å². The maximum Gasteiger partial charge on any atom is 0.332 e. The number of anilines is 1. The number of furan rings is 1. The predicted molar refractivity (Wildman–Crippen MR) is 120 cm³/mol. The third kappa shape index (κ3) is 4.80. The van der Waals surface area contributed by atoms with Crippen LogP contribution in [-0.4, -0.2) is 25.3 Å². The van der Waals surface area contributed by atoms with Gasteiger partial charge in [-0.1, -0.05) is 13.8 Å². The van der Waals surface area contributed by atoms with Gasteiger partial charge in [-0.2, -0.15) is 0 Å². The third-order valence-electron chi connectivity index (χ3n) is 6.47. The van der Waals surface area contributed by atoms with Crippen molar-refractivity contribution in [2.45, 2.75) is 75.9 Å². The van der Waals surface area contributed by atoms with Crippen LogP contribution in [0.1, 0.15) is 82.2 Å². The van der Waals surface area contributed by atoms with Crippen LogP contribution in [0, 0.1) is 16.6 Å². The molecule has 2 aliphatic carbocycles. The van der Waals surface area contributed by atoms with Crippen molar-refractivity contribution in [3.05, 3.63) is 35.6 Å². The van der Waals surface area contributed by atoms with Crippen LogP contribution in [0.15, 0.2) is 28.2 Å². The Morgan fingerprint density at radius 2 is 1.72 bits per heavy atom. The molecule has 2 aromatic heterocycles. The summed E-state index contributed by atoms with van der Waals surface area (Å²) in [5.41, 5.74) is 1.25. The molecule has 2 aliphatic rings. The lowest BCUT2D eigenvalue weighted by atomic mass is 9.94. The van der Waals surface area contributed by atoms with E-state index in [0.717, 1.165) is 37.1 Å². The van der Waals surface area contributed by atoms with Crippen molar-refractivity contribution >= 4 is 21.6 Å². The van der Waals surface area contributed by atoms with Crippen LogP contribution in [0.3, 0.4) is 0 Å². The summed E-state index contributed by atoms with van der Waals surface area (Å²) in [5.74, 6) is 1.39. The minimum absolute atomic E-state index is 0.165. The highest BCUT2D eigenvalue weighted by molar-refractivity contribution is 7.91. The number of hydrogen-bond acceptors (Lipinski definition) is 7. The molecule has 10 heteroatoms. The molecule has 0 bridgehead atoms. The SMILES string of the molecule is CC(c1ncnc(C(C)C2CC2)c1NC(=O)NS(=N)(=O)c1cc(C(C)(C)O)co1)C1CC1. The van der Waals surface area contributed by atoms with Crippen molar-refractivity contribution in [2.24, 2.45) is 11.8 Å². The molecule has 0 aromatic carbocycles. The van der Waals surface area contributed by atoms with Crippen molar-refractivity contribution in [1.82, 2.24) is 14.7 Å². The van der Waals surface area contributed by atoms with E-state index in [4.69, 9.17) is 9.20 Å². The zero-order valence-corrected chi connectivity index (χ0v) is 19.7. The van der Waals surface area contributed by atoms with E-state index in [-0.39, 0.29) is 16.9 Å². The maximum atomic E-state index is 12.9. The average Bonchev–Trinajstić information content (AvgIpc) is 3.63. The molecule has 0 spiro atoms. The van der Waals surface area contributed by atoms with Gasteiger partial charge in [0.05, 0.1) is 28.9 Å². The molecule has 3 atom stereocenters. The highest BCUT2D eigenvalue weighted by Crippen LogP contribution is 2.47. The Labute approximate surface area is 188 Å². The number of nitrogens with zero attached hydrogens (tertiary/aromatic N) is 2. The van der Waals surface area contributed by atoms with Gasteiger partial charge in [0, 0.05) is 23.5 Å². The molecule has 32 heavy (non-hydrogen) atoms. The van der Waals surface area contributed by atoms with Crippen LogP contribution in [0.25, 0.3) is 0 Å². The number of aliphatic hydroxyl groups is 1. The van der Waals surface area contributed by atoms with Crippen LogP contribution in [0.4, 0.5) is 10.5 Å². The van der Waals surface area contributed by atoms with E-state index < -0.39 is 21.5 Å². The number of carbonyl (C=O) groups excluding carboxylic acids is 1. The number of amides is 2. The Bertz CT molecular complexity index is 1080. The fourth-order valence-electron chi connectivity index (χ4n) is 3.98. The molecule has 2 saturated carbocycles. The molecule has 3 unspecified atom stereocenters. The molecule has 0 radical (unpaired) electrons. The van der Waals surface area contributed by atoms with Crippen LogP contribution < -0.4 is 10.0 Å². The highest BCUT2D eigenvalue weighted by Gasteiger charge is 2.36. The molecule has 174 valence electrons. The van der Waals surface area contributed by atoms with Crippen LogP contribution in [0.5, 0.6) is 0 Å². The summed E-state index contributed by atoms with van der Waals surface area (Å²) < 4.78 is 28.5. The monoisotopic (exact) mass is 461 g/mol. The minimum Gasteiger partial charge on any atom is -0.452 e. The number of rotatable bonds is 8. The normalized spacial score (nSPS) is 20.3. The van der Waals surface area contributed by atoms with Gasteiger partial charge in [-0.25, -0.2) is 28.5 Å². The van der Waals surface area contributed by atoms with Crippen molar-refractivity contribution in [3.8, 4) is 0 Å². The quantitative estimate of drug-likeness (QED) is 0.457. The molecule has 9 nitrogen and oxygen atoms in total. The molecule has 2 heterocycles. The Kier molecular flexibility index (Phi) is 5.79. The summed E-state index contributed by atoms with van der Waals surface area (Å²) >= 11 is 0. The van der Waals surface area contributed by atoms with Crippen molar-refractivity contribution < 1.29 is 18.5 Å². The van der Waals surface area contributed by atoms with Gasteiger partial charge in [0.1, 0.15) is 6.33 Å². The number of urea groups is 1. The topological polar surface area (TPSA) is 141 Å². The first-order valence-corrected chi connectivity index (χ1v) is 12.6. The van der Waals surface area contributed by atoms with Gasteiger partial charge in [0.25, 0.3) is 0 Å². The zero-order chi connectivity index (χ0) is 23.3. The minimum atomic E-state index is -3.77. The second-order valence-corrected chi connectivity index (χ2v) is 11.3. The molecule has 2 fully saturated rings. The van der Waals surface area contributed by atoms with Gasteiger partial charge in [-0.05, 0) is 51.4 Å². The first-order valence-electron chi connectivity index (χ1n) is 11.0. The molecule has 2 aromatic rings. The third-order valence-corrected chi connectivity index (χ3v) is 7.72. The lowest BCUT2D eigenvalue weighted by Crippen LogP contribution is -2.34. The standard InChI is InChI=1S/C22H31N5O4S/c1-12(14-5-6-14)18-20(19(25-11-24-18)13(2)15-7-8-15)26-21(28)27-32(23,30)17-9-16(10-31-17)22(3,4)29/h9-15,29H,5-8H2,1-4H3,(H3,23,26,27,28,30). The number of aromatic nitrogens is 2. The van der Waals surface area contributed by atoms with E-state index in [1.165, 1.54) is 12.3 Å². The Hall–Kier alpha value is -2.46. The summed E-state index contributed by atoms with van der Waals surface area (Å²) in [6.45, 7) is 7.30. The van der Waals surface area contributed by atoms with Crippen molar-refractivity contribution in [2.75, 3.05) is 5.32 Å². The second-order valence-electron chi connectivity index (χ2n) is 9.60. The largest absolute Gasteiger partial charge is 0.452 e. The molecule has 2 amide bonds. The first-order chi connectivity index (χ1) is 15.0. The van der Waals surface area contributed by atoms with E-state index in [1.54, 1.807) is 20.2 Å². The van der Waals surface area contributed by atoms with Gasteiger partial charge >= 0.3 is 6.03 Å². The first kappa shape index (κ1) is 22.7. The predicted octanol–water partition coefficient (Wildman–Crippen LogP) is 4.47. The van der Waals surface area contributed by atoms with E-state index in [9.17, 15) is 14.1 Å². The number of hydrogen-bond donors (Lipinski definition) is 4. The summed E-state index contributed by atoms with van der Waals surface area (Å²) in [6.07, 6.45) is 7.32. The van der Waals surface area contributed by atoms with E-state index in [1.807, 2.05) is 0 Å². The smallest absolute Gasteiger partial charge is 0.332 e. The van der Waals surface area contributed by atoms with Crippen molar-refractivity contribution in [1.29, 1.82) is 4.78 Å². The summed E-state index contributed by atoms with van der Waals surface area (Å²) in [7, 11) is -3.77. The molecular formula is C22H31N5O4S. The van der Waals surface area contributed by atoms with E-state index in [0.29, 0.717) is 23.1 Å². The summed E-state index contributed by atoms with van der Waals surface area (Å²) in [5, 5.41) is 12.7. The highest BCUT2D eigenvalue weighted by atomic mass is 32.2. The number of nitrogens with one attached hydrogen (secondary N) is 3. The molecule has 4 rings (SSSR count). The Balaban J connectivity index is 1.58. The molecule has 0 aliphatic heterocycles. The van der Waals surface area contributed by atoms with Gasteiger partial charge < -0.3 is 14.8 Å². The zero-order valence-electron chi connectivity index (χ0n) is 18.8. The fourth-order valence-corrected chi connectivity index (χ4v) is 4.87. The fraction of sp³-hybridized carbons (Fsp3) is 0.591. The molecular weight excluding hydrogens is 430 g/mol. The Morgan fingerprint density at radius 3 is 2.16 bits per heavy atom. The lowest BCUT2D eigenvalue weighted by molar-refractivity contribution is 0.0779. The van der Waals surface area contributed by atoms with Crippen LogP contribution >= 0.6 is 0 Å². The summed E-state index contributed by atoms with van der Waals surface area (Å²) in [4.78, 5) is 21.8. The van der Waals surface area contributed by atoms with Gasteiger partial charge in [-0.3, -0.25) is 0 Å². The summed E-state index contributed by atoms with van der Waals surface area (Å²) in [6, 6.07) is 0.539. The van der Waals surface area contributed by atoms with E-state index in [2.05, 4.69) is 33.9 Å². The second kappa shape index (κ2) is 8.15. The molecule has 4 N–H and O–H groups in total. The van der Waals surface area contributed by atoms with Crippen LogP contribution in [0.2, 0.25) is 0 Å². The average molecular weight is 462 g/mol. The van der Waals surface area contributed by atoms with Crippen molar-refractivity contribution in [3.63, 3.8) is 0 Å². The molecule has 0 saturated heterocycles. The lowest BCUT2D eigenvalue weighted by Gasteiger charge is -2.21. The van der Waals surface area contributed by atoms with E-state index >= 15 is 0 Å². The maximum absolute atomic E-state index is 12.9. The van der Waals surface area contributed by atoms with Gasteiger partial charge in [0.2, 0.25) is 5.09 Å². The van der Waals surface area contributed by atoms with Gasteiger partial charge in [-0.15, -0.1) is 0 Å². The van der Waals surface area contributed by atoms with Gasteiger partial charge in [0.15, 0.2) is 9.92 Å². The number of carbonyl (C=O) groups is 1.